The topological polar surface area (TPSA) is 71.1 Å². The molecule has 4 rings (SSSR count). The van der Waals surface area contributed by atoms with Crippen LogP contribution in [-0.4, -0.2) is 31.4 Å². The maximum atomic E-state index is 13.7. The van der Waals surface area contributed by atoms with Crippen LogP contribution in [0.2, 0.25) is 5.02 Å². The van der Waals surface area contributed by atoms with E-state index < -0.39 is 11.5 Å². The summed E-state index contributed by atoms with van der Waals surface area (Å²) >= 11 is 6.46. The Morgan fingerprint density at radius 1 is 1.13 bits per heavy atom. The minimum atomic E-state index is -1.49. The van der Waals surface area contributed by atoms with Crippen LogP contribution in [0.5, 0.6) is 17.2 Å². The second kappa shape index (κ2) is 7.69. The van der Waals surface area contributed by atoms with E-state index in [0.717, 1.165) is 5.56 Å². The van der Waals surface area contributed by atoms with Crippen LogP contribution >= 0.6 is 11.6 Å². The minimum absolute atomic E-state index is 0.126. The fourth-order valence-electron chi connectivity index (χ4n) is 3.97. The Labute approximate surface area is 179 Å². The van der Waals surface area contributed by atoms with Crippen LogP contribution in [0, 0.1) is 5.92 Å². The number of Topliss-reactive ketones (excluding diaryl/α,β-unsaturated/α-hetero) is 1. The molecule has 30 heavy (non-hydrogen) atoms. The molecular formula is C23H21ClO6. The van der Waals surface area contributed by atoms with E-state index in [2.05, 4.69) is 0 Å². The van der Waals surface area contributed by atoms with Gasteiger partial charge in [-0.1, -0.05) is 48.9 Å². The molecule has 0 saturated heterocycles. The molecule has 2 aliphatic rings. The van der Waals surface area contributed by atoms with Gasteiger partial charge < -0.3 is 18.9 Å². The predicted octanol–water partition coefficient (Wildman–Crippen LogP) is 4.38. The molecule has 0 aromatic heterocycles. The molecule has 1 aliphatic heterocycles. The third-order valence-electron chi connectivity index (χ3n) is 5.52. The number of hydrogen-bond donors (Lipinski definition) is 0. The third kappa shape index (κ3) is 3.03. The van der Waals surface area contributed by atoms with E-state index in [1.54, 1.807) is 13.0 Å². The largest absolute Gasteiger partial charge is 0.496 e. The molecular weight excluding hydrogens is 408 g/mol. The molecule has 1 aliphatic carbocycles. The first-order valence-electron chi connectivity index (χ1n) is 9.52. The second-order valence-corrected chi connectivity index (χ2v) is 7.70. The van der Waals surface area contributed by atoms with E-state index in [1.807, 2.05) is 30.3 Å². The van der Waals surface area contributed by atoms with Crippen molar-refractivity contribution in [3.63, 3.8) is 0 Å². The van der Waals surface area contributed by atoms with Gasteiger partial charge in [0.15, 0.2) is 17.3 Å². The number of halogens is 1. The highest BCUT2D eigenvalue weighted by Crippen LogP contribution is 2.54. The van der Waals surface area contributed by atoms with Gasteiger partial charge in [0.05, 0.1) is 14.2 Å². The summed E-state index contributed by atoms with van der Waals surface area (Å²) in [4.78, 5) is 26.0. The van der Waals surface area contributed by atoms with Crippen LogP contribution < -0.4 is 14.2 Å². The lowest BCUT2D eigenvalue weighted by Crippen LogP contribution is -2.51. The monoisotopic (exact) mass is 428 g/mol. The summed E-state index contributed by atoms with van der Waals surface area (Å²) in [6.45, 7) is 1.98. The normalized spacial score (nSPS) is 22.4. The van der Waals surface area contributed by atoms with Crippen molar-refractivity contribution >= 4 is 23.2 Å². The molecule has 0 bridgehead atoms. The van der Waals surface area contributed by atoms with Crippen molar-refractivity contribution in [2.45, 2.75) is 25.6 Å². The summed E-state index contributed by atoms with van der Waals surface area (Å²) in [7, 11) is 2.92. The van der Waals surface area contributed by atoms with Crippen LogP contribution in [0.3, 0.4) is 0 Å². The zero-order valence-electron chi connectivity index (χ0n) is 16.9. The molecule has 1 heterocycles. The lowest BCUT2D eigenvalue weighted by atomic mass is 9.75. The molecule has 156 valence electrons. The van der Waals surface area contributed by atoms with Crippen molar-refractivity contribution in [1.82, 2.24) is 0 Å². The van der Waals surface area contributed by atoms with Gasteiger partial charge in [-0.3, -0.25) is 9.59 Å². The number of methoxy groups -OCH3 is 2. The van der Waals surface area contributed by atoms with E-state index in [9.17, 15) is 9.59 Å². The van der Waals surface area contributed by atoms with Crippen molar-refractivity contribution in [2.75, 3.05) is 14.2 Å². The van der Waals surface area contributed by atoms with Crippen LogP contribution in [0.15, 0.2) is 48.2 Å². The fraction of sp³-hybridized carbons (Fsp3) is 0.304. The van der Waals surface area contributed by atoms with Gasteiger partial charge in [-0.05, 0) is 5.56 Å². The molecule has 0 unspecified atom stereocenters. The Morgan fingerprint density at radius 3 is 2.50 bits per heavy atom. The fourth-order valence-corrected chi connectivity index (χ4v) is 4.24. The van der Waals surface area contributed by atoms with Crippen LogP contribution in [0.4, 0.5) is 0 Å². The third-order valence-corrected chi connectivity index (χ3v) is 5.87. The van der Waals surface area contributed by atoms with Crippen molar-refractivity contribution in [3.05, 3.63) is 64.4 Å². The second-order valence-electron chi connectivity index (χ2n) is 7.32. The maximum Gasteiger partial charge on any atom is 0.231 e. The average molecular weight is 429 g/mol. The van der Waals surface area contributed by atoms with Gasteiger partial charge in [-0.15, -0.1) is 0 Å². The average Bonchev–Trinajstić information content (AvgIpc) is 3.06. The van der Waals surface area contributed by atoms with Crippen molar-refractivity contribution in [2.24, 2.45) is 5.92 Å². The van der Waals surface area contributed by atoms with Crippen LogP contribution in [0.1, 0.15) is 29.3 Å². The summed E-state index contributed by atoms with van der Waals surface area (Å²) in [6.07, 6.45) is 1.50. The summed E-state index contributed by atoms with van der Waals surface area (Å²) in [6, 6.07) is 11.0. The summed E-state index contributed by atoms with van der Waals surface area (Å²) in [5.41, 5.74) is -0.368. The van der Waals surface area contributed by atoms with Gasteiger partial charge in [0.2, 0.25) is 11.4 Å². The Balaban J connectivity index is 1.80. The highest BCUT2D eigenvalue weighted by Gasteiger charge is 2.60. The standard InChI is InChI=1S/C23H21ClO6/c1-13-9-15(25)10-18(29-12-14-7-5-4-6-8-14)23(13)22(26)19-16(27-2)11-17(28-3)20(24)21(19)30-23/h4-8,10-11,13H,9,12H2,1-3H3/t13-,23+/m1/s1. The van der Waals surface area contributed by atoms with Gasteiger partial charge in [0, 0.05) is 24.5 Å². The van der Waals surface area contributed by atoms with E-state index in [4.69, 9.17) is 30.5 Å². The van der Waals surface area contributed by atoms with Gasteiger partial charge >= 0.3 is 0 Å². The van der Waals surface area contributed by atoms with Gasteiger partial charge in [0.1, 0.15) is 28.7 Å². The number of benzene rings is 2. The summed E-state index contributed by atoms with van der Waals surface area (Å²) in [5, 5.41) is 0.171. The van der Waals surface area contributed by atoms with Gasteiger partial charge in [-0.2, -0.15) is 0 Å². The van der Waals surface area contributed by atoms with E-state index in [1.165, 1.54) is 20.3 Å². The van der Waals surface area contributed by atoms with Crippen molar-refractivity contribution in [1.29, 1.82) is 0 Å². The van der Waals surface area contributed by atoms with E-state index >= 15 is 0 Å². The molecule has 2 atom stereocenters. The lowest BCUT2D eigenvalue weighted by molar-refractivity contribution is -0.118. The Morgan fingerprint density at radius 2 is 1.83 bits per heavy atom. The Hall–Kier alpha value is -2.99. The number of rotatable bonds is 5. The number of carbonyl (C=O) groups is 2. The number of hydrogen-bond acceptors (Lipinski definition) is 6. The van der Waals surface area contributed by atoms with Crippen molar-refractivity contribution in [3.8, 4) is 17.2 Å². The number of fused-ring (bicyclic) bond motifs is 1. The molecule has 0 fully saturated rings. The Bertz CT molecular complexity index is 1050. The molecule has 0 saturated carbocycles. The molecule has 0 radical (unpaired) electrons. The first-order chi connectivity index (χ1) is 14.4. The van der Waals surface area contributed by atoms with E-state index in [-0.39, 0.29) is 46.7 Å². The number of carbonyl (C=O) groups excluding carboxylic acids is 2. The molecule has 7 heteroatoms. The zero-order valence-corrected chi connectivity index (χ0v) is 17.6. The summed E-state index contributed by atoms with van der Waals surface area (Å²) < 4.78 is 22.9. The number of allylic oxidation sites excluding steroid dienone is 1. The van der Waals surface area contributed by atoms with Gasteiger partial charge in [-0.25, -0.2) is 0 Å². The highest BCUT2D eigenvalue weighted by molar-refractivity contribution is 6.35. The molecule has 6 nitrogen and oxygen atoms in total. The minimum Gasteiger partial charge on any atom is -0.496 e. The number of ketones is 2. The highest BCUT2D eigenvalue weighted by atomic mass is 35.5. The maximum absolute atomic E-state index is 13.7. The predicted molar refractivity (Wildman–Crippen MR) is 110 cm³/mol. The van der Waals surface area contributed by atoms with Crippen molar-refractivity contribution < 1.29 is 28.5 Å². The van der Waals surface area contributed by atoms with Gasteiger partial charge in [0.25, 0.3) is 0 Å². The first kappa shape index (κ1) is 20.3. The first-order valence-corrected chi connectivity index (χ1v) is 9.90. The number of ether oxygens (including phenoxy) is 4. The Kier molecular flexibility index (Phi) is 5.20. The van der Waals surface area contributed by atoms with Crippen LogP contribution in [-0.2, 0) is 16.1 Å². The smallest absolute Gasteiger partial charge is 0.231 e. The molecule has 0 amide bonds. The molecule has 2 aromatic carbocycles. The molecule has 0 N–H and O–H groups in total. The molecule has 1 spiro atoms. The quantitative estimate of drug-likeness (QED) is 0.703. The zero-order chi connectivity index (χ0) is 21.5. The van der Waals surface area contributed by atoms with E-state index in [0.29, 0.717) is 11.5 Å². The lowest BCUT2D eigenvalue weighted by Gasteiger charge is -2.37. The molecule has 2 aromatic rings. The summed E-state index contributed by atoms with van der Waals surface area (Å²) in [5.74, 6) is 0.0264. The van der Waals surface area contributed by atoms with Crippen LogP contribution in [0.25, 0.3) is 0 Å². The SMILES string of the molecule is COc1cc(OC)c2c(c1Cl)O[C@]1(C2=O)C(OCc2ccccc2)=CC(=O)C[C@H]1C.